The van der Waals surface area contributed by atoms with Gasteiger partial charge in [0.1, 0.15) is 11.4 Å². The Morgan fingerprint density at radius 1 is 1.03 bits per heavy atom. The molecule has 0 bridgehead atoms. The van der Waals surface area contributed by atoms with Gasteiger partial charge in [-0.2, -0.15) is 26.3 Å². The van der Waals surface area contributed by atoms with Crippen LogP contribution < -0.4 is 9.84 Å². The number of aliphatic carboxylic acids is 1. The van der Waals surface area contributed by atoms with E-state index in [-0.39, 0.29) is 18.0 Å². The minimum atomic E-state index is -4.75. The average molecular weight is 555 g/mol. The number of aryl methyl sites for hydroxylation is 1. The van der Waals surface area contributed by atoms with E-state index in [9.17, 15) is 36.2 Å². The van der Waals surface area contributed by atoms with Crippen molar-refractivity contribution in [1.82, 2.24) is 4.90 Å². The number of carbonyl (C=O) groups is 1. The van der Waals surface area contributed by atoms with Crippen molar-refractivity contribution in [3.8, 4) is 5.75 Å². The highest BCUT2D eigenvalue weighted by Crippen LogP contribution is 2.49. The second-order valence-corrected chi connectivity index (χ2v) is 11.3. The molecule has 4 nitrogen and oxygen atoms in total. The molecule has 212 valence electrons. The number of likely N-dealkylation sites (tertiary alicyclic amines) is 1. The molecule has 3 aliphatic rings. The topological polar surface area (TPSA) is 52.6 Å². The molecule has 2 fully saturated rings. The van der Waals surface area contributed by atoms with Gasteiger partial charge in [0.25, 0.3) is 0 Å². The monoisotopic (exact) mass is 554 g/mol. The zero-order valence-corrected chi connectivity index (χ0v) is 21.5. The van der Waals surface area contributed by atoms with E-state index in [2.05, 4.69) is 0 Å². The Labute approximate surface area is 222 Å². The molecular weight excluding hydrogens is 524 g/mol. The molecule has 2 heterocycles. The number of carbonyl (C=O) groups excluding carboxylic acids is 1. The van der Waals surface area contributed by atoms with Crippen LogP contribution in [0.3, 0.4) is 0 Å². The maximum atomic E-state index is 13.5. The summed E-state index contributed by atoms with van der Waals surface area (Å²) in [4.78, 5) is 13.4. The first-order chi connectivity index (χ1) is 18.3. The fourth-order valence-electron chi connectivity index (χ4n) is 6.19. The van der Waals surface area contributed by atoms with Crippen molar-refractivity contribution in [3.63, 3.8) is 0 Å². The summed E-state index contributed by atoms with van der Waals surface area (Å²) in [5.74, 6) is -0.855. The molecule has 5 rings (SSSR count). The number of piperidine rings is 1. The van der Waals surface area contributed by atoms with Gasteiger partial charge in [0.2, 0.25) is 0 Å². The van der Waals surface area contributed by atoms with Crippen molar-refractivity contribution >= 4 is 5.97 Å². The number of fused-ring (bicyclic) bond motifs is 1. The van der Waals surface area contributed by atoms with Crippen LogP contribution in [0.4, 0.5) is 26.3 Å². The fraction of sp³-hybridized carbons (Fsp3) is 0.552. The van der Waals surface area contributed by atoms with E-state index in [1.165, 1.54) is 0 Å². The van der Waals surface area contributed by atoms with Crippen LogP contribution in [0, 0.1) is 11.8 Å². The molecule has 1 saturated heterocycles. The molecule has 10 heteroatoms. The summed E-state index contributed by atoms with van der Waals surface area (Å²) in [6.45, 7) is 2.20. The van der Waals surface area contributed by atoms with Crippen molar-refractivity contribution in [2.45, 2.75) is 75.9 Å². The maximum absolute atomic E-state index is 13.5. The normalized spacial score (nSPS) is 21.2. The van der Waals surface area contributed by atoms with Gasteiger partial charge in [-0.25, -0.2) is 0 Å². The molecule has 2 atom stereocenters. The number of rotatable bonds is 6. The molecule has 1 spiro atoms. The van der Waals surface area contributed by atoms with Crippen LogP contribution in [0.25, 0.3) is 0 Å². The van der Waals surface area contributed by atoms with E-state index in [4.69, 9.17) is 4.74 Å². The molecule has 2 aliphatic heterocycles. The summed E-state index contributed by atoms with van der Waals surface area (Å²) >= 11 is 0. The smallest absolute Gasteiger partial charge is 0.416 e. The Hall–Kier alpha value is -2.75. The zero-order chi connectivity index (χ0) is 28.2. The summed E-state index contributed by atoms with van der Waals surface area (Å²) in [6, 6.07) is 7.48. The molecular formula is C29H30F6NO3-. The molecule has 1 saturated carbocycles. The first-order valence-electron chi connectivity index (χ1n) is 13.3. The predicted molar refractivity (Wildman–Crippen MR) is 129 cm³/mol. The SMILES string of the molecule is C[C@H](C(=O)[O-])[C@H](c1ccc2c(c1)OC1(CC2)CCN(Cc2cc(C(F)(F)F)ccc2C(F)(F)F)CC1)C1CC1. The average Bonchev–Trinajstić information content (AvgIpc) is 3.69. The number of carboxylic acid groups (broad SMARTS) is 1. The Kier molecular flexibility index (Phi) is 7.14. The summed E-state index contributed by atoms with van der Waals surface area (Å²) in [5.41, 5.74) is -1.12. The highest BCUT2D eigenvalue weighted by molar-refractivity contribution is 5.69. The highest BCUT2D eigenvalue weighted by Gasteiger charge is 2.42. The van der Waals surface area contributed by atoms with Crippen LogP contribution >= 0.6 is 0 Å². The molecule has 0 radical (unpaired) electrons. The highest BCUT2D eigenvalue weighted by atomic mass is 19.4. The van der Waals surface area contributed by atoms with E-state index >= 15 is 0 Å². The number of hydrogen-bond acceptors (Lipinski definition) is 4. The summed E-state index contributed by atoms with van der Waals surface area (Å²) < 4.78 is 86.7. The third-order valence-corrected chi connectivity index (χ3v) is 8.59. The van der Waals surface area contributed by atoms with Gasteiger partial charge in [-0.05, 0) is 91.3 Å². The van der Waals surface area contributed by atoms with Crippen LogP contribution in [0.15, 0.2) is 36.4 Å². The van der Waals surface area contributed by atoms with Gasteiger partial charge in [0.05, 0.1) is 11.1 Å². The van der Waals surface area contributed by atoms with E-state index in [0.29, 0.717) is 55.8 Å². The van der Waals surface area contributed by atoms with Crippen molar-refractivity contribution in [2.75, 3.05) is 13.1 Å². The van der Waals surface area contributed by atoms with Gasteiger partial charge in [0, 0.05) is 31.5 Å². The third kappa shape index (κ3) is 5.90. The number of ether oxygens (including phenoxy) is 1. The lowest BCUT2D eigenvalue weighted by Crippen LogP contribution is -2.49. The molecule has 0 unspecified atom stereocenters. The van der Waals surface area contributed by atoms with Crippen LogP contribution in [-0.2, 0) is 30.1 Å². The number of benzene rings is 2. The van der Waals surface area contributed by atoms with Crippen molar-refractivity contribution in [3.05, 3.63) is 64.2 Å². The van der Waals surface area contributed by atoms with Gasteiger partial charge >= 0.3 is 12.4 Å². The minimum absolute atomic E-state index is 0.154. The van der Waals surface area contributed by atoms with Gasteiger partial charge in [-0.15, -0.1) is 0 Å². The molecule has 0 aromatic heterocycles. The lowest BCUT2D eigenvalue weighted by Gasteiger charge is -2.45. The number of carboxylic acids is 1. The minimum Gasteiger partial charge on any atom is -0.550 e. The lowest BCUT2D eigenvalue weighted by atomic mass is 9.80. The standard InChI is InChI=1S/C29H31F6NO3/c1-17(26(37)38)25(19-3-4-19)20-5-2-18-8-9-27(39-24(18)15-20)10-12-36(13-11-27)16-21-14-22(28(30,31)32)6-7-23(21)29(33,34)35/h2,5-7,14-15,17,19,25H,3-4,8-13,16H2,1H3,(H,37,38)/p-1/t17-,25-/m0/s1. The molecule has 0 amide bonds. The number of halogens is 6. The Morgan fingerprint density at radius 2 is 1.72 bits per heavy atom. The van der Waals surface area contributed by atoms with E-state index in [1.54, 1.807) is 11.8 Å². The largest absolute Gasteiger partial charge is 0.550 e. The van der Waals surface area contributed by atoms with Crippen molar-refractivity contribution in [1.29, 1.82) is 0 Å². The summed E-state index contributed by atoms with van der Waals surface area (Å²) in [7, 11) is 0. The van der Waals surface area contributed by atoms with E-state index in [1.807, 2.05) is 18.2 Å². The van der Waals surface area contributed by atoms with Gasteiger partial charge < -0.3 is 14.6 Å². The van der Waals surface area contributed by atoms with Gasteiger partial charge in [-0.3, -0.25) is 4.90 Å². The van der Waals surface area contributed by atoms with Crippen LogP contribution in [0.2, 0.25) is 0 Å². The van der Waals surface area contributed by atoms with Gasteiger partial charge in [-0.1, -0.05) is 19.1 Å². The molecule has 1 aliphatic carbocycles. The van der Waals surface area contributed by atoms with Crippen LogP contribution in [0.1, 0.15) is 72.8 Å². The fourth-order valence-corrected chi connectivity index (χ4v) is 6.19. The number of nitrogens with zero attached hydrogens (tertiary/aromatic N) is 1. The van der Waals surface area contributed by atoms with Crippen molar-refractivity contribution < 1.29 is 41.0 Å². The quantitative estimate of drug-likeness (QED) is 0.414. The molecule has 0 N–H and O–H groups in total. The first kappa shape index (κ1) is 27.8. The van der Waals surface area contributed by atoms with Crippen LogP contribution in [0.5, 0.6) is 5.75 Å². The zero-order valence-electron chi connectivity index (χ0n) is 21.5. The first-order valence-corrected chi connectivity index (χ1v) is 13.3. The van der Waals surface area contributed by atoms with E-state index in [0.717, 1.165) is 36.8 Å². The number of alkyl halides is 6. The maximum Gasteiger partial charge on any atom is 0.416 e. The van der Waals surface area contributed by atoms with E-state index < -0.39 is 41.0 Å². The second-order valence-electron chi connectivity index (χ2n) is 11.3. The van der Waals surface area contributed by atoms with Gasteiger partial charge in [0.15, 0.2) is 0 Å². The number of hydrogen-bond donors (Lipinski definition) is 0. The molecule has 2 aromatic rings. The lowest BCUT2D eigenvalue weighted by molar-refractivity contribution is -0.311. The Balaban J connectivity index is 1.30. The predicted octanol–water partition coefficient (Wildman–Crippen LogP) is 5.96. The van der Waals surface area contributed by atoms with Crippen LogP contribution in [-0.4, -0.2) is 29.6 Å². The third-order valence-electron chi connectivity index (χ3n) is 8.59. The summed E-state index contributed by atoms with van der Waals surface area (Å²) in [5, 5.41) is 11.6. The Morgan fingerprint density at radius 3 is 2.31 bits per heavy atom. The van der Waals surface area contributed by atoms with Crippen molar-refractivity contribution in [2.24, 2.45) is 11.8 Å². The second kappa shape index (κ2) is 10.0. The Bertz CT molecular complexity index is 1230. The molecule has 39 heavy (non-hydrogen) atoms. The molecule has 2 aromatic carbocycles. The summed E-state index contributed by atoms with van der Waals surface area (Å²) in [6.07, 6.45) is -5.00.